The summed E-state index contributed by atoms with van der Waals surface area (Å²) in [5.41, 5.74) is 2.16. The van der Waals surface area contributed by atoms with Gasteiger partial charge in [-0.2, -0.15) is 0 Å². The summed E-state index contributed by atoms with van der Waals surface area (Å²) in [5.74, 6) is 1.95. The zero-order valence-corrected chi connectivity index (χ0v) is 16.9. The van der Waals surface area contributed by atoms with E-state index in [9.17, 15) is 0 Å². The molecular weight excluding hydrogens is 334 g/mol. The van der Waals surface area contributed by atoms with Crippen LogP contribution in [-0.2, 0) is 0 Å². The number of nitrogens with one attached hydrogen (secondary N) is 1. The highest BCUT2D eigenvalue weighted by Crippen LogP contribution is 2.46. The zero-order valence-electron chi connectivity index (χ0n) is 16.9. The molecule has 1 N–H and O–H groups in total. The summed E-state index contributed by atoms with van der Waals surface area (Å²) in [6.07, 6.45) is 8.77. The Balaban J connectivity index is 1.21. The van der Waals surface area contributed by atoms with Crippen LogP contribution in [0.3, 0.4) is 0 Å². The molecule has 5 heteroatoms. The standard InChI is InChI=1S/C22H35N5/c1-25-16-22(17-25)7-4-19(15-22)26-11-13-27(14-12-26)21-20(3-2-8-24-21)18-5-9-23-10-6-18/h2-3,8,18-19,23H,4-7,9-17H2,1H3. The molecule has 27 heavy (non-hydrogen) atoms. The van der Waals surface area contributed by atoms with Gasteiger partial charge < -0.3 is 15.1 Å². The van der Waals surface area contributed by atoms with Gasteiger partial charge in [0.15, 0.2) is 0 Å². The molecule has 1 aromatic rings. The number of piperazine rings is 1. The van der Waals surface area contributed by atoms with Crippen LogP contribution in [0.5, 0.6) is 0 Å². The summed E-state index contributed by atoms with van der Waals surface area (Å²) in [6.45, 7) is 9.64. The second-order valence-electron chi connectivity index (χ2n) is 9.53. The van der Waals surface area contributed by atoms with Crippen molar-refractivity contribution < 1.29 is 0 Å². The summed E-state index contributed by atoms with van der Waals surface area (Å²) in [6, 6.07) is 5.29. The molecule has 4 heterocycles. The lowest BCUT2D eigenvalue weighted by atomic mass is 9.78. The first-order valence-corrected chi connectivity index (χ1v) is 11.1. The average Bonchev–Trinajstić information content (AvgIpc) is 3.14. The van der Waals surface area contributed by atoms with Gasteiger partial charge in [0.2, 0.25) is 0 Å². The minimum absolute atomic E-state index is 0.666. The van der Waals surface area contributed by atoms with Crippen LogP contribution in [-0.4, -0.2) is 80.2 Å². The van der Waals surface area contributed by atoms with Gasteiger partial charge in [0.25, 0.3) is 0 Å². The second-order valence-corrected chi connectivity index (χ2v) is 9.53. The molecule has 5 rings (SSSR count). The van der Waals surface area contributed by atoms with Crippen molar-refractivity contribution in [3.05, 3.63) is 23.9 Å². The molecule has 0 amide bonds. The van der Waals surface area contributed by atoms with E-state index in [0.717, 1.165) is 32.2 Å². The Morgan fingerprint density at radius 3 is 2.59 bits per heavy atom. The van der Waals surface area contributed by atoms with Gasteiger partial charge in [0.05, 0.1) is 0 Å². The number of hydrogen-bond donors (Lipinski definition) is 1. The third-order valence-electron chi connectivity index (χ3n) is 7.61. The Bertz CT molecular complexity index is 642. The van der Waals surface area contributed by atoms with Crippen molar-refractivity contribution in [2.75, 3.05) is 64.3 Å². The van der Waals surface area contributed by atoms with Gasteiger partial charge in [-0.1, -0.05) is 6.07 Å². The highest BCUT2D eigenvalue weighted by Gasteiger charge is 2.48. The summed E-state index contributed by atoms with van der Waals surface area (Å²) < 4.78 is 0. The molecule has 1 unspecified atom stereocenters. The SMILES string of the molecule is CN1CC2(CCC(N3CCN(c4ncccc4C4CCNCC4)CC3)C2)C1. The van der Waals surface area contributed by atoms with Crippen molar-refractivity contribution in [3.63, 3.8) is 0 Å². The number of anilines is 1. The van der Waals surface area contributed by atoms with Crippen LogP contribution in [0.4, 0.5) is 5.82 Å². The van der Waals surface area contributed by atoms with E-state index < -0.39 is 0 Å². The van der Waals surface area contributed by atoms with Crippen molar-refractivity contribution in [2.45, 2.75) is 44.1 Å². The fourth-order valence-electron chi connectivity index (χ4n) is 6.30. The Morgan fingerprint density at radius 2 is 1.85 bits per heavy atom. The van der Waals surface area contributed by atoms with Crippen LogP contribution in [0.1, 0.15) is 43.6 Å². The molecule has 1 aliphatic carbocycles. The van der Waals surface area contributed by atoms with Crippen molar-refractivity contribution >= 4 is 5.82 Å². The van der Waals surface area contributed by atoms with Crippen LogP contribution >= 0.6 is 0 Å². The predicted octanol–water partition coefficient (Wildman–Crippen LogP) is 2.15. The van der Waals surface area contributed by atoms with Crippen LogP contribution in [0, 0.1) is 5.41 Å². The van der Waals surface area contributed by atoms with Gasteiger partial charge >= 0.3 is 0 Å². The van der Waals surface area contributed by atoms with Crippen LogP contribution in [0.15, 0.2) is 18.3 Å². The van der Waals surface area contributed by atoms with Crippen LogP contribution in [0.2, 0.25) is 0 Å². The molecule has 1 aromatic heterocycles. The molecule has 148 valence electrons. The van der Waals surface area contributed by atoms with Gasteiger partial charge in [-0.05, 0) is 75.2 Å². The van der Waals surface area contributed by atoms with Gasteiger partial charge in [0.1, 0.15) is 5.82 Å². The quantitative estimate of drug-likeness (QED) is 0.883. The van der Waals surface area contributed by atoms with E-state index in [-0.39, 0.29) is 0 Å². The number of hydrogen-bond acceptors (Lipinski definition) is 5. The van der Waals surface area contributed by atoms with E-state index in [1.54, 1.807) is 0 Å². The van der Waals surface area contributed by atoms with E-state index in [0.29, 0.717) is 11.3 Å². The molecule has 1 spiro atoms. The first kappa shape index (κ1) is 17.9. The zero-order chi connectivity index (χ0) is 18.3. The summed E-state index contributed by atoms with van der Waals surface area (Å²) in [5, 5.41) is 3.50. The van der Waals surface area contributed by atoms with Gasteiger partial charge in [0, 0.05) is 51.5 Å². The number of rotatable bonds is 3. The maximum atomic E-state index is 4.84. The van der Waals surface area contributed by atoms with Gasteiger partial charge in [-0.15, -0.1) is 0 Å². The summed E-state index contributed by atoms with van der Waals surface area (Å²) in [7, 11) is 2.27. The number of pyridine rings is 1. The van der Waals surface area contributed by atoms with Crippen molar-refractivity contribution in [1.29, 1.82) is 0 Å². The smallest absolute Gasteiger partial charge is 0.132 e. The Labute approximate surface area is 164 Å². The van der Waals surface area contributed by atoms with Gasteiger partial charge in [-0.25, -0.2) is 4.98 Å². The molecule has 3 aliphatic heterocycles. The Hall–Kier alpha value is -1.17. The summed E-state index contributed by atoms with van der Waals surface area (Å²) >= 11 is 0. The highest BCUT2D eigenvalue weighted by atomic mass is 15.3. The Morgan fingerprint density at radius 1 is 1.07 bits per heavy atom. The molecule has 0 bridgehead atoms. The van der Waals surface area contributed by atoms with E-state index in [1.807, 2.05) is 6.20 Å². The molecule has 1 atom stereocenters. The molecule has 3 saturated heterocycles. The molecule has 4 aliphatic rings. The maximum Gasteiger partial charge on any atom is 0.132 e. The topological polar surface area (TPSA) is 34.6 Å². The number of likely N-dealkylation sites (tertiary alicyclic amines) is 1. The van der Waals surface area contributed by atoms with Crippen molar-refractivity contribution in [2.24, 2.45) is 5.41 Å². The van der Waals surface area contributed by atoms with Crippen molar-refractivity contribution in [3.8, 4) is 0 Å². The minimum atomic E-state index is 0.666. The third-order valence-corrected chi connectivity index (χ3v) is 7.61. The largest absolute Gasteiger partial charge is 0.354 e. The fourth-order valence-corrected chi connectivity index (χ4v) is 6.30. The first-order chi connectivity index (χ1) is 13.2. The van der Waals surface area contributed by atoms with Crippen LogP contribution in [0.25, 0.3) is 0 Å². The molecule has 0 radical (unpaired) electrons. The maximum absolute atomic E-state index is 4.84. The monoisotopic (exact) mass is 369 g/mol. The van der Waals surface area contributed by atoms with Crippen molar-refractivity contribution in [1.82, 2.24) is 20.1 Å². The van der Waals surface area contributed by atoms with E-state index in [1.165, 1.54) is 69.7 Å². The highest BCUT2D eigenvalue weighted by molar-refractivity contribution is 5.49. The van der Waals surface area contributed by atoms with Crippen LogP contribution < -0.4 is 10.2 Å². The number of aromatic nitrogens is 1. The fraction of sp³-hybridized carbons (Fsp3) is 0.773. The lowest BCUT2D eigenvalue weighted by Gasteiger charge is -2.47. The average molecular weight is 370 g/mol. The van der Waals surface area contributed by atoms with Gasteiger partial charge in [-0.3, -0.25) is 4.90 Å². The number of piperidine rings is 1. The predicted molar refractivity (Wildman–Crippen MR) is 110 cm³/mol. The third kappa shape index (κ3) is 3.50. The van der Waals surface area contributed by atoms with E-state index in [4.69, 9.17) is 4.98 Å². The molecule has 1 saturated carbocycles. The lowest BCUT2D eigenvalue weighted by Crippen LogP contribution is -2.54. The molecule has 0 aromatic carbocycles. The summed E-state index contributed by atoms with van der Waals surface area (Å²) in [4.78, 5) is 12.7. The lowest BCUT2D eigenvalue weighted by molar-refractivity contribution is 0.0204. The number of nitrogens with zero attached hydrogens (tertiary/aromatic N) is 4. The molecule has 5 nitrogen and oxygen atoms in total. The van der Waals surface area contributed by atoms with E-state index >= 15 is 0 Å². The second kappa shape index (κ2) is 7.34. The minimum Gasteiger partial charge on any atom is -0.354 e. The van der Waals surface area contributed by atoms with E-state index in [2.05, 4.69) is 39.2 Å². The first-order valence-electron chi connectivity index (χ1n) is 11.1. The molecule has 4 fully saturated rings. The normalized spacial score (nSPS) is 30.0. The molecular formula is C22H35N5. The Kier molecular flexibility index (Phi) is 4.87.